The third-order valence-corrected chi connectivity index (χ3v) is 1.63. The zero-order valence-corrected chi connectivity index (χ0v) is 7.17. The van der Waals surface area contributed by atoms with Crippen molar-refractivity contribution < 1.29 is 19.8 Å². The maximum Gasteiger partial charge on any atom is 0.321 e. The molecular weight excluding hydrogens is 218 g/mol. The lowest BCUT2D eigenvalue weighted by atomic mass is 10.2. The normalized spacial score (nSPS) is 12.5. The smallest absolute Gasteiger partial charge is 0.321 e. The molecule has 0 aromatic heterocycles. The summed E-state index contributed by atoms with van der Waals surface area (Å²) in [5.74, 6) is -2.07. The number of hydrogen-bond acceptors (Lipinski definition) is 3. The summed E-state index contributed by atoms with van der Waals surface area (Å²) in [4.78, 5) is 20.3. The molecule has 64 valence electrons. The van der Waals surface area contributed by atoms with Crippen molar-refractivity contribution in [3.8, 4) is 0 Å². The van der Waals surface area contributed by atoms with E-state index in [-0.39, 0.29) is 12.8 Å². The van der Waals surface area contributed by atoms with Crippen molar-refractivity contribution in [3.63, 3.8) is 0 Å². The van der Waals surface area contributed by atoms with E-state index in [1.54, 1.807) is 0 Å². The minimum absolute atomic E-state index is 0.0654. The molecule has 5 nitrogen and oxygen atoms in total. The Bertz CT molecular complexity index is 161. The van der Waals surface area contributed by atoms with Gasteiger partial charge in [-0.3, -0.25) is 9.59 Å². The average Bonchev–Trinajstić information content (AvgIpc) is 1.87. The molecule has 0 heterocycles. The van der Waals surface area contributed by atoms with Crippen LogP contribution in [0.4, 0.5) is 0 Å². The van der Waals surface area contributed by atoms with Gasteiger partial charge in [0.2, 0.25) is 0 Å². The van der Waals surface area contributed by atoms with E-state index in [4.69, 9.17) is 10.2 Å². The van der Waals surface area contributed by atoms with Gasteiger partial charge in [-0.05, 0) is 6.42 Å². The first-order chi connectivity index (χ1) is 5.07. The predicted octanol–water partition coefficient (Wildman–Crippen LogP) is 0.204. The summed E-state index contributed by atoms with van der Waals surface area (Å²) in [5, 5.41) is 16.6. The second-order valence-electron chi connectivity index (χ2n) is 1.93. The lowest BCUT2D eigenvalue weighted by Gasteiger charge is -2.06. The fourth-order valence-corrected chi connectivity index (χ4v) is 0.917. The summed E-state index contributed by atoms with van der Waals surface area (Å²) in [7, 11) is 0. The first-order valence-electron chi connectivity index (χ1n) is 2.88. The third kappa shape index (κ3) is 4.74. The molecule has 0 saturated heterocycles. The monoisotopic (exact) mass is 225 g/mol. The first-order valence-corrected chi connectivity index (χ1v) is 3.68. The van der Waals surface area contributed by atoms with E-state index in [1.807, 2.05) is 0 Å². The molecule has 0 rings (SSSR count). The maximum atomic E-state index is 10.3. The molecule has 0 radical (unpaired) electrons. The lowest BCUT2D eigenvalue weighted by Crippen LogP contribution is -2.30. The molecule has 0 aliphatic heterocycles. The molecule has 0 aliphatic rings. The SMILES string of the molecule is O=C(O)CCC(NBr)C(=O)O. The van der Waals surface area contributed by atoms with Crippen molar-refractivity contribution in [2.45, 2.75) is 18.9 Å². The second kappa shape index (κ2) is 5.09. The highest BCUT2D eigenvalue weighted by Gasteiger charge is 2.16. The van der Waals surface area contributed by atoms with Crippen LogP contribution in [0.25, 0.3) is 0 Å². The Labute approximate surface area is 71.7 Å². The van der Waals surface area contributed by atoms with Crippen molar-refractivity contribution >= 4 is 28.1 Å². The van der Waals surface area contributed by atoms with Crippen molar-refractivity contribution in [2.75, 3.05) is 0 Å². The molecule has 0 amide bonds. The fraction of sp³-hybridized carbons (Fsp3) is 0.600. The topological polar surface area (TPSA) is 86.6 Å². The highest BCUT2D eigenvalue weighted by molar-refractivity contribution is 9.08. The van der Waals surface area contributed by atoms with Crippen LogP contribution in [-0.4, -0.2) is 28.2 Å². The molecule has 1 unspecified atom stereocenters. The number of carbonyl (C=O) groups is 2. The quantitative estimate of drug-likeness (QED) is 0.583. The Balaban J connectivity index is 3.70. The van der Waals surface area contributed by atoms with Crippen LogP contribution in [0, 0.1) is 0 Å². The molecule has 0 aromatic carbocycles. The van der Waals surface area contributed by atoms with Gasteiger partial charge in [0, 0.05) is 22.6 Å². The van der Waals surface area contributed by atoms with Crippen LogP contribution in [0.1, 0.15) is 12.8 Å². The van der Waals surface area contributed by atoms with E-state index in [2.05, 4.69) is 20.5 Å². The van der Waals surface area contributed by atoms with Crippen molar-refractivity contribution in [3.05, 3.63) is 0 Å². The lowest BCUT2D eigenvalue weighted by molar-refractivity contribution is -0.140. The Morgan fingerprint density at radius 3 is 2.27 bits per heavy atom. The van der Waals surface area contributed by atoms with Gasteiger partial charge in [-0.2, -0.15) is 0 Å². The largest absolute Gasteiger partial charge is 0.481 e. The Morgan fingerprint density at radius 1 is 1.45 bits per heavy atom. The van der Waals surface area contributed by atoms with Gasteiger partial charge in [0.05, 0.1) is 0 Å². The van der Waals surface area contributed by atoms with Crippen LogP contribution < -0.4 is 4.34 Å². The molecule has 0 bridgehead atoms. The summed E-state index contributed by atoms with van der Waals surface area (Å²) in [6.07, 6.45) is -0.0918. The number of halogens is 1. The first kappa shape index (κ1) is 10.4. The van der Waals surface area contributed by atoms with Crippen molar-refractivity contribution in [1.82, 2.24) is 4.34 Å². The number of aliphatic carboxylic acids is 2. The summed E-state index contributed by atoms with van der Waals surface area (Å²) in [6, 6.07) is -0.842. The van der Waals surface area contributed by atoms with Crippen LogP contribution in [0.15, 0.2) is 0 Å². The van der Waals surface area contributed by atoms with Gasteiger partial charge in [-0.25, -0.2) is 4.34 Å². The molecule has 0 fully saturated rings. The zero-order chi connectivity index (χ0) is 8.85. The van der Waals surface area contributed by atoms with Crippen LogP contribution in [0.3, 0.4) is 0 Å². The summed E-state index contributed by atoms with van der Waals surface area (Å²) in [6.45, 7) is 0. The molecule has 11 heavy (non-hydrogen) atoms. The molecule has 1 atom stereocenters. The maximum absolute atomic E-state index is 10.3. The summed E-state index contributed by atoms with van der Waals surface area (Å²) in [5.41, 5.74) is 0. The summed E-state index contributed by atoms with van der Waals surface area (Å²) < 4.78 is 2.31. The number of nitrogens with one attached hydrogen (secondary N) is 1. The van der Waals surface area contributed by atoms with Gasteiger partial charge in [0.25, 0.3) is 0 Å². The third-order valence-electron chi connectivity index (χ3n) is 1.08. The van der Waals surface area contributed by atoms with Gasteiger partial charge < -0.3 is 10.2 Å². The molecular formula is C5H8BrNO4. The van der Waals surface area contributed by atoms with E-state index in [9.17, 15) is 9.59 Å². The van der Waals surface area contributed by atoms with E-state index < -0.39 is 18.0 Å². The van der Waals surface area contributed by atoms with E-state index in [0.717, 1.165) is 0 Å². The zero-order valence-electron chi connectivity index (χ0n) is 5.58. The molecule has 0 spiro atoms. The van der Waals surface area contributed by atoms with Gasteiger partial charge >= 0.3 is 11.9 Å². The Hall–Kier alpha value is -0.620. The molecule has 0 aliphatic carbocycles. The van der Waals surface area contributed by atoms with Gasteiger partial charge in [0.15, 0.2) is 0 Å². The van der Waals surface area contributed by atoms with Crippen LogP contribution in [-0.2, 0) is 9.59 Å². The number of carboxylic acids is 2. The molecule has 0 aromatic rings. The fourth-order valence-electron chi connectivity index (χ4n) is 0.493. The standard InChI is InChI=1S/C5H8BrNO4/c6-7-3(5(10)11)1-2-4(8)9/h3,7H,1-2H2,(H,8,9)(H,10,11). The second-order valence-corrected chi connectivity index (χ2v) is 2.39. The van der Waals surface area contributed by atoms with Gasteiger partial charge in [-0.1, -0.05) is 0 Å². The highest BCUT2D eigenvalue weighted by Crippen LogP contribution is 1.98. The Morgan fingerprint density at radius 2 is 2.00 bits per heavy atom. The van der Waals surface area contributed by atoms with Crippen molar-refractivity contribution in [1.29, 1.82) is 0 Å². The molecule has 6 heteroatoms. The van der Waals surface area contributed by atoms with Crippen LogP contribution in [0.2, 0.25) is 0 Å². The predicted molar refractivity (Wildman–Crippen MR) is 40.4 cm³/mol. The van der Waals surface area contributed by atoms with E-state index >= 15 is 0 Å². The van der Waals surface area contributed by atoms with Crippen LogP contribution in [0.5, 0.6) is 0 Å². The van der Waals surface area contributed by atoms with E-state index in [1.165, 1.54) is 0 Å². The average molecular weight is 226 g/mol. The summed E-state index contributed by atoms with van der Waals surface area (Å²) >= 11 is 2.74. The van der Waals surface area contributed by atoms with E-state index in [0.29, 0.717) is 0 Å². The number of rotatable bonds is 5. The molecule has 3 N–H and O–H groups in total. The minimum atomic E-state index is -1.07. The molecule has 0 saturated carbocycles. The van der Waals surface area contributed by atoms with Crippen LogP contribution >= 0.6 is 16.1 Å². The Kier molecular flexibility index (Phi) is 4.80. The minimum Gasteiger partial charge on any atom is -0.481 e. The van der Waals surface area contributed by atoms with Crippen molar-refractivity contribution in [2.24, 2.45) is 0 Å². The number of carboxylic acid groups (broad SMARTS) is 2. The van der Waals surface area contributed by atoms with Gasteiger partial charge in [-0.15, -0.1) is 0 Å². The van der Waals surface area contributed by atoms with Gasteiger partial charge in [0.1, 0.15) is 6.04 Å². The number of hydrogen-bond donors (Lipinski definition) is 3. The highest BCUT2D eigenvalue weighted by atomic mass is 79.9.